The average molecular weight is 260 g/mol. The molecule has 0 saturated heterocycles. The number of rotatable bonds is 3. The molecule has 0 spiro atoms. The van der Waals surface area contributed by atoms with E-state index >= 15 is 0 Å². The lowest BCUT2D eigenvalue weighted by Gasteiger charge is -2.18. The first-order chi connectivity index (χ1) is 9.02. The first-order valence-corrected chi connectivity index (χ1v) is 6.22. The Labute approximate surface area is 114 Å². The summed E-state index contributed by atoms with van der Waals surface area (Å²) in [5.74, 6) is 5.78. The van der Waals surface area contributed by atoms with Gasteiger partial charge in [0.1, 0.15) is 0 Å². The van der Waals surface area contributed by atoms with Gasteiger partial charge in [-0.05, 0) is 31.5 Å². The van der Waals surface area contributed by atoms with Gasteiger partial charge in [0.2, 0.25) is 0 Å². The summed E-state index contributed by atoms with van der Waals surface area (Å²) in [6.07, 6.45) is -0.440. The van der Waals surface area contributed by atoms with Gasteiger partial charge in [0.05, 0.1) is 12.6 Å². The van der Waals surface area contributed by atoms with Gasteiger partial charge in [-0.25, -0.2) is 4.79 Å². The smallest absolute Gasteiger partial charge is 0.410 e. The molecule has 102 valence electrons. The van der Waals surface area contributed by atoms with Gasteiger partial charge in [-0.1, -0.05) is 24.0 Å². The minimum atomic E-state index is -0.326. The van der Waals surface area contributed by atoms with Gasteiger partial charge in [0.25, 0.3) is 0 Å². The van der Waals surface area contributed by atoms with Gasteiger partial charge in [-0.3, -0.25) is 0 Å². The number of carbonyl (C=O) groups excluding carboxylic acids is 1. The molecule has 0 aliphatic heterocycles. The summed E-state index contributed by atoms with van der Waals surface area (Å²) >= 11 is 0. The number of nitrogens with zero attached hydrogens (tertiary/aromatic N) is 1. The highest BCUT2D eigenvalue weighted by atomic mass is 16.6. The van der Waals surface area contributed by atoms with E-state index in [1.165, 1.54) is 4.90 Å². The van der Waals surface area contributed by atoms with Crippen LogP contribution in [0.2, 0.25) is 0 Å². The van der Waals surface area contributed by atoms with Gasteiger partial charge in [0, 0.05) is 19.2 Å². The van der Waals surface area contributed by atoms with Crippen molar-refractivity contribution in [2.75, 3.05) is 13.6 Å². The second-order valence-corrected chi connectivity index (χ2v) is 4.49. The molecule has 0 radical (unpaired) electrons. The topological polar surface area (TPSA) is 55.6 Å². The molecule has 0 fully saturated rings. The lowest BCUT2D eigenvalue weighted by atomic mass is 10.1. The molecule has 1 aromatic carbocycles. The SMILES string of the molecule is CC(C)OC(=O)N(C)Cc1cccc(C#CCN)c1. The zero-order valence-corrected chi connectivity index (χ0v) is 11.6. The number of hydrogen-bond donors (Lipinski definition) is 1. The van der Waals surface area contributed by atoms with Crippen molar-refractivity contribution in [1.29, 1.82) is 0 Å². The van der Waals surface area contributed by atoms with Crippen molar-refractivity contribution in [2.45, 2.75) is 26.5 Å². The van der Waals surface area contributed by atoms with Crippen LogP contribution < -0.4 is 5.73 Å². The second-order valence-electron chi connectivity index (χ2n) is 4.49. The van der Waals surface area contributed by atoms with Crippen molar-refractivity contribution in [1.82, 2.24) is 4.90 Å². The molecule has 0 unspecified atom stereocenters. The first kappa shape index (κ1) is 15.1. The minimum Gasteiger partial charge on any atom is -0.447 e. The van der Waals surface area contributed by atoms with Crippen LogP contribution in [-0.2, 0) is 11.3 Å². The summed E-state index contributed by atoms with van der Waals surface area (Å²) in [6.45, 7) is 4.48. The highest BCUT2D eigenvalue weighted by Crippen LogP contribution is 2.08. The highest BCUT2D eigenvalue weighted by molar-refractivity contribution is 5.67. The van der Waals surface area contributed by atoms with E-state index in [0.29, 0.717) is 13.1 Å². The summed E-state index contributed by atoms with van der Waals surface area (Å²) in [5.41, 5.74) is 7.24. The predicted octanol–water partition coefficient (Wildman–Crippen LogP) is 1.97. The summed E-state index contributed by atoms with van der Waals surface area (Å²) < 4.78 is 5.12. The van der Waals surface area contributed by atoms with Gasteiger partial charge in [0.15, 0.2) is 0 Å². The van der Waals surface area contributed by atoms with E-state index in [1.54, 1.807) is 7.05 Å². The van der Waals surface area contributed by atoms with Crippen LogP contribution >= 0.6 is 0 Å². The summed E-state index contributed by atoms with van der Waals surface area (Å²) in [7, 11) is 1.71. The average Bonchev–Trinajstić information content (AvgIpc) is 2.36. The third-order valence-electron chi connectivity index (χ3n) is 2.33. The van der Waals surface area contributed by atoms with Gasteiger partial charge >= 0.3 is 6.09 Å². The van der Waals surface area contributed by atoms with E-state index in [-0.39, 0.29) is 12.2 Å². The second kappa shape index (κ2) is 7.45. The normalized spacial score (nSPS) is 9.74. The van der Waals surface area contributed by atoms with Crippen LogP contribution in [0.4, 0.5) is 4.79 Å². The zero-order valence-electron chi connectivity index (χ0n) is 11.6. The van der Waals surface area contributed by atoms with Crippen LogP contribution in [0, 0.1) is 11.8 Å². The molecule has 0 bridgehead atoms. The van der Waals surface area contributed by atoms with Crippen LogP contribution in [0.25, 0.3) is 0 Å². The zero-order chi connectivity index (χ0) is 14.3. The fraction of sp³-hybridized carbons (Fsp3) is 0.400. The largest absolute Gasteiger partial charge is 0.447 e. The maximum Gasteiger partial charge on any atom is 0.410 e. The minimum absolute atomic E-state index is 0.114. The quantitative estimate of drug-likeness (QED) is 0.845. The van der Waals surface area contributed by atoms with Crippen molar-refractivity contribution in [3.8, 4) is 11.8 Å². The van der Waals surface area contributed by atoms with E-state index in [1.807, 2.05) is 38.1 Å². The fourth-order valence-corrected chi connectivity index (χ4v) is 1.53. The Kier molecular flexibility index (Phi) is 5.91. The van der Waals surface area contributed by atoms with Gasteiger partial charge in [-0.2, -0.15) is 0 Å². The Bertz CT molecular complexity index is 486. The third kappa shape index (κ3) is 5.45. The van der Waals surface area contributed by atoms with E-state index in [2.05, 4.69) is 11.8 Å². The van der Waals surface area contributed by atoms with Crippen molar-refractivity contribution >= 4 is 6.09 Å². The van der Waals surface area contributed by atoms with Gasteiger partial charge < -0.3 is 15.4 Å². The maximum absolute atomic E-state index is 11.7. The van der Waals surface area contributed by atoms with Gasteiger partial charge in [-0.15, -0.1) is 0 Å². The Morgan fingerprint density at radius 1 is 1.47 bits per heavy atom. The summed E-state index contributed by atoms with van der Waals surface area (Å²) in [4.78, 5) is 13.2. The maximum atomic E-state index is 11.7. The number of hydrogen-bond acceptors (Lipinski definition) is 3. The lowest BCUT2D eigenvalue weighted by Crippen LogP contribution is -2.29. The molecule has 4 nitrogen and oxygen atoms in total. The van der Waals surface area contributed by atoms with Crippen LogP contribution in [-0.4, -0.2) is 30.7 Å². The Hall–Kier alpha value is -1.99. The van der Waals surface area contributed by atoms with Crippen LogP contribution in [0.1, 0.15) is 25.0 Å². The number of carbonyl (C=O) groups is 1. The molecule has 0 saturated carbocycles. The Morgan fingerprint density at radius 2 is 2.21 bits per heavy atom. The number of ether oxygens (including phenoxy) is 1. The molecule has 0 heterocycles. The van der Waals surface area contributed by atoms with Crippen molar-refractivity contribution in [3.05, 3.63) is 35.4 Å². The molecule has 0 aliphatic rings. The van der Waals surface area contributed by atoms with Crippen LogP contribution in [0.3, 0.4) is 0 Å². The molecule has 1 aromatic rings. The number of benzene rings is 1. The Balaban J connectivity index is 2.68. The molecule has 0 aromatic heterocycles. The first-order valence-electron chi connectivity index (χ1n) is 6.22. The van der Waals surface area contributed by atoms with Crippen LogP contribution in [0.15, 0.2) is 24.3 Å². The van der Waals surface area contributed by atoms with E-state index in [9.17, 15) is 4.79 Å². The molecule has 0 aliphatic carbocycles. The molecule has 0 atom stereocenters. The number of amides is 1. The fourth-order valence-electron chi connectivity index (χ4n) is 1.53. The van der Waals surface area contributed by atoms with Crippen molar-refractivity contribution in [2.24, 2.45) is 5.73 Å². The van der Waals surface area contributed by atoms with Crippen molar-refractivity contribution in [3.63, 3.8) is 0 Å². The summed E-state index contributed by atoms with van der Waals surface area (Å²) in [6, 6.07) is 7.73. The van der Waals surface area contributed by atoms with E-state index in [0.717, 1.165) is 11.1 Å². The molecule has 4 heteroatoms. The molecule has 1 amide bonds. The highest BCUT2D eigenvalue weighted by Gasteiger charge is 2.11. The summed E-state index contributed by atoms with van der Waals surface area (Å²) in [5, 5.41) is 0. The molecular weight excluding hydrogens is 240 g/mol. The number of nitrogens with two attached hydrogens (primary N) is 1. The molecule has 2 N–H and O–H groups in total. The third-order valence-corrected chi connectivity index (χ3v) is 2.33. The lowest BCUT2D eigenvalue weighted by molar-refractivity contribution is 0.0822. The van der Waals surface area contributed by atoms with E-state index < -0.39 is 0 Å². The molecule has 19 heavy (non-hydrogen) atoms. The van der Waals surface area contributed by atoms with Crippen molar-refractivity contribution < 1.29 is 9.53 Å². The standard InChI is InChI=1S/C15H20N2O2/c1-12(2)19-15(18)17(3)11-14-7-4-6-13(10-14)8-5-9-16/h4,6-7,10,12H,9,11,16H2,1-3H3. The van der Waals surface area contributed by atoms with Crippen LogP contribution in [0.5, 0.6) is 0 Å². The van der Waals surface area contributed by atoms with E-state index in [4.69, 9.17) is 10.5 Å². The predicted molar refractivity (Wildman–Crippen MR) is 75.5 cm³/mol. The molecular formula is C15H20N2O2. The monoisotopic (exact) mass is 260 g/mol. The Morgan fingerprint density at radius 3 is 2.84 bits per heavy atom. The molecule has 1 rings (SSSR count).